The van der Waals surface area contributed by atoms with Gasteiger partial charge in [0.25, 0.3) is 0 Å². The average molecular weight is 680 g/mol. The minimum absolute atomic E-state index is 0.0750. The summed E-state index contributed by atoms with van der Waals surface area (Å²) in [5.74, 6) is 0. The summed E-state index contributed by atoms with van der Waals surface area (Å²) in [7, 11) is 8.64. The summed E-state index contributed by atoms with van der Waals surface area (Å²) in [5.41, 5.74) is 0.120. The van der Waals surface area contributed by atoms with Crippen molar-refractivity contribution in [1.82, 2.24) is 14.7 Å². The zero-order chi connectivity index (χ0) is 28.5. The first-order chi connectivity index (χ1) is 18.5. The van der Waals surface area contributed by atoms with E-state index in [0.717, 1.165) is 48.9 Å². The van der Waals surface area contributed by atoms with Crippen molar-refractivity contribution in [3.63, 3.8) is 0 Å². The molecule has 2 heterocycles. The Balaban J connectivity index is 1.61. The molecule has 2 aliphatic heterocycles. The standard InChI is InChI=1S/C29H45F3IN5S/c1-6-7-8-10-26-24-37(27-23-25(29(30,31)32)11-12-28(27)39-26)15-9-14-36-18-21-38(22-19-36,20-17-35(4)5)33-13-16-34(2)3/h6-8,10-12,23H,1,9,13-22,24H2,2-5H3/b8-7-,26-10+. The SMILES string of the molecule is C=C/C=C\C=C1/CN(CCCN2CC[N+](CCN(C)C)([I-]CCN(C)C)CC2)c2cc(C(F)(F)F)ccc2S1. The molecule has 2 aliphatic rings. The topological polar surface area (TPSA) is 13.0 Å². The fourth-order valence-corrected chi connectivity index (χ4v) is 9.70. The van der Waals surface area contributed by atoms with Crippen LogP contribution in [0.1, 0.15) is 12.0 Å². The van der Waals surface area contributed by atoms with Crippen molar-refractivity contribution in [1.29, 1.82) is 0 Å². The fraction of sp³-hybridized carbons (Fsp3) is 0.586. The summed E-state index contributed by atoms with van der Waals surface area (Å²) in [5, 5.41) is 0. The summed E-state index contributed by atoms with van der Waals surface area (Å²) in [6.45, 7) is 14.3. The Hall–Kier alpha value is -1.05. The summed E-state index contributed by atoms with van der Waals surface area (Å²) >= 11 is 1.63. The van der Waals surface area contributed by atoms with Crippen molar-refractivity contribution in [2.24, 2.45) is 0 Å². The first-order valence-electron chi connectivity index (χ1n) is 13.6. The molecule has 0 unspecified atom stereocenters. The third-order valence-electron chi connectivity index (χ3n) is 7.10. The van der Waals surface area contributed by atoms with E-state index in [1.54, 1.807) is 23.9 Å². The zero-order valence-corrected chi connectivity index (χ0v) is 26.9. The minimum atomic E-state index is -4.34. The third-order valence-corrected chi connectivity index (χ3v) is 12.1. The van der Waals surface area contributed by atoms with Crippen LogP contribution in [-0.2, 0) is 6.18 Å². The van der Waals surface area contributed by atoms with E-state index in [2.05, 4.69) is 54.4 Å². The molecule has 220 valence electrons. The molecule has 5 nitrogen and oxygen atoms in total. The second-order valence-electron chi connectivity index (χ2n) is 10.8. The Kier molecular flexibility index (Phi) is 12.7. The van der Waals surface area contributed by atoms with Gasteiger partial charge in [0.1, 0.15) is 0 Å². The van der Waals surface area contributed by atoms with Gasteiger partial charge in [-0.3, -0.25) is 0 Å². The number of piperazine rings is 1. The molecule has 0 amide bonds. The number of allylic oxidation sites excluding steroid dienone is 4. The van der Waals surface area contributed by atoms with Crippen LogP contribution < -0.4 is 26.4 Å². The number of rotatable bonds is 13. The van der Waals surface area contributed by atoms with Gasteiger partial charge in [0.05, 0.1) is 0 Å². The molecule has 3 rings (SSSR count). The molecule has 1 aromatic rings. The normalized spacial score (nSPS) is 19.5. The predicted octanol–water partition coefficient (Wildman–Crippen LogP) is 1.89. The van der Waals surface area contributed by atoms with Crippen molar-refractivity contribution >= 4 is 17.4 Å². The molecule has 1 saturated heterocycles. The molecule has 0 N–H and O–H groups in total. The predicted molar refractivity (Wildman–Crippen MR) is 155 cm³/mol. The Bertz CT molecular complexity index is 988. The first-order valence-corrected chi connectivity index (χ1v) is 16.9. The van der Waals surface area contributed by atoms with Gasteiger partial charge in [0.15, 0.2) is 0 Å². The molecule has 0 bridgehead atoms. The van der Waals surface area contributed by atoms with Gasteiger partial charge in [-0.05, 0) is 0 Å². The van der Waals surface area contributed by atoms with Crippen molar-refractivity contribution in [3.05, 3.63) is 59.6 Å². The fourth-order valence-electron chi connectivity index (χ4n) is 4.74. The maximum atomic E-state index is 13.5. The molecular formula is C29H45F3IN5S. The number of hydrogen-bond donors (Lipinski definition) is 0. The summed E-state index contributed by atoms with van der Waals surface area (Å²) in [4.78, 5) is 11.3. The number of thioether (sulfide) groups is 1. The number of nitrogens with zero attached hydrogens (tertiary/aromatic N) is 5. The van der Waals surface area contributed by atoms with Crippen LogP contribution in [0.4, 0.5) is 18.9 Å². The molecular weight excluding hydrogens is 634 g/mol. The van der Waals surface area contributed by atoms with Crippen molar-refractivity contribution < 1.29 is 37.3 Å². The molecule has 0 saturated carbocycles. The number of halogens is 4. The third kappa shape index (κ3) is 10.4. The second kappa shape index (κ2) is 15.3. The van der Waals surface area contributed by atoms with E-state index in [1.165, 1.54) is 45.4 Å². The molecule has 0 aliphatic carbocycles. The maximum absolute atomic E-state index is 13.5. The van der Waals surface area contributed by atoms with Gasteiger partial charge in [-0.15, -0.1) is 0 Å². The van der Waals surface area contributed by atoms with E-state index in [-0.39, 0.29) is 21.5 Å². The average Bonchev–Trinajstić information content (AvgIpc) is 2.88. The molecule has 1 aromatic carbocycles. The molecule has 0 spiro atoms. The van der Waals surface area contributed by atoms with Crippen molar-refractivity contribution in [3.8, 4) is 0 Å². The van der Waals surface area contributed by atoms with Crippen LogP contribution in [-0.4, -0.2) is 115 Å². The zero-order valence-electron chi connectivity index (χ0n) is 23.9. The number of hydrogen-bond acceptors (Lipinski definition) is 5. The van der Waals surface area contributed by atoms with Crippen LogP contribution in [0, 0.1) is 0 Å². The van der Waals surface area contributed by atoms with Gasteiger partial charge in [0, 0.05) is 0 Å². The van der Waals surface area contributed by atoms with Crippen molar-refractivity contribution in [2.75, 3.05) is 103 Å². The summed E-state index contributed by atoms with van der Waals surface area (Å²) in [6.07, 6.45) is 4.17. The van der Waals surface area contributed by atoms with Crippen LogP contribution in [0.25, 0.3) is 0 Å². The number of likely N-dealkylation sites (N-methyl/N-ethyl adjacent to an activating group) is 1. The molecule has 0 radical (unpaired) electrons. The van der Waals surface area contributed by atoms with Crippen LogP contribution in [0.15, 0.2) is 58.9 Å². The van der Waals surface area contributed by atoms with Crippen LogP contribution >= 0.6 is 11.8 Å². The van der Waals surface area contributed by atoms with Gasteiger partial charge < -0.3 is 0 Å². The van der Waals surface area contributed by atoms with Crippen LogP contribution in [0.2, 0.25) is 0 Å². The van der Waals surface area contributed by atoms with Gasteiger partial charge >= 0.3 is 218 Å². The number of fused-ring (bicyclic) bond motifs is 1. The first kappa shape index (κ1) is 32.5. The van der Waals surface area contributed by atoms with Gasteiger partial charge in [-0.25, -0.2) is 0 Å². The number of quaternary nitrogens is 1. The number of benzene rings is 1. The van der Waals surface area contributed by atoms with E-state index >= 15 is 0 Å². The molecule has 39 heavy (non-hydrogen) atoms. The van der Waals surface area contributed by atoms with E-state index in [4.69, 9.17) is 0 Å². The Labute approximate surface area is 248 Å². The van der Waals surface area contributed by atoms with E-state index in [1.807, 2.05) is 18.2 Å². The van der Waals surface area contributed by atoms with E-state index < -0.39 is 11.7 Å². The number of anilines is 1. The Morgan fingerprint density at radius 2 is 1.77 bits per heavy atom. The van der Waals surface area contributed by atoms with Crippen molar-refractivity contribution in [2.45, 2.75) is 17.5 Å². The molecule has 0 atom stereocenters. The monoisotopic (exact) mass is 679 g/mol. The quantitative estimate of drug-likeness (QED) is 0.137. The summed E-state index contributed by atoms with van der Waals surface area (Å²) in [6, 6.07) is 4.14. The van der Waals surface area contributed by atoms with Crippen LogP contribution in [0.5, 0.6) is 0 Å². The van der Waals surface area contributed by atoms with Gasteiger partial charge in [0.2, 0.25) is 0 Å². The number of alkyl halides is 4. The van der Waals surface area contributed by atoms with Gasteiger partial charge in [-0.1, -0.05) is 18.7 Å². The molecule has 1 fully saturated rings. The second-order valence-corrected chi connectivity index (χ2v) is 15.7. The van der Waals surface area contributed by atoms with E-state index in [9.17, 15) is 13.2 Å². The Morgan fingerprint density at radius 3 is 2.41 bits per heavy atom. The van der Waals surface area contributed by atoms with Crippen LogP contribution in [0.3, 0.4) is 0 Å². The molecule has 0 aromatic heterocycles. The summed E-state index contributed by atoms with van der Waals surface area (Å²) < 4.78 is 43.0. The molecule has 10 heteroatoms. The van der Waals surface area contributed by atoms with Gasteiger partial charge in [-0.2, -0.15) is 13.2 Å². The Morgan fingerprint density at radius 1 is 1.05 bits per heavy atom. The van der Waals surface area contributed by atoms with E-state index in [0.29, 0.717) is 12.2 Å².